The van der Waals surface area contributed by atoms with Crippen LogP contribution in [0.1, 0.15) is 15.9 Å². The van der Waals surface area contributed by atoms with Crippen LogP contribution in [-0.2, 0) is 6.54 Å². The first-order valence-corrected chi connectivity index (χ1v) is 6.44. The van der Waals surface area contributed by atoms with Gasteiger partial charge in [-0.15, -0.1) is 0 Å². The van der Waals surface area contributed by atoms with Crippen LogP contribution in [0, 0.1) is 5.82 Å². The fourth-order valence-corrected chi connectivity index (χ4v) is 2.08. The maximum atomic E-state index is 13.4. The van der Waals surface area contributed by atoms with E-state index in [0.717, 1.165) is 0 Å². The average molecular weight is 323 g/mol. The van der Waals surface area contributed by atoms with E-state index in [-0.39, 0.29) is 18.3 Å². The van der Waals surface area contributed by atoms with Crippen molar-refractivity contribution in [3.8, 4) is 0 Å². The SMILES string of the molecule is Nc1cccc(C(=O)NCc2ccccc2F)c1Br. The molecule has 19 heavy (non-hydrogen) atoms. The van der Waals surface area contributed by atoms with Crippen molar-refractivity contribution < 1.29 is 9.18 Å². The molecule has 3 N–H and O–H groups in total. The molecular weight excluding hydrogens is 311 g/mol. The first-order valence-electron chi connectivity index (χ1n) is 5.65. The number of anilines is 1. The Balaban J connectivity index is 2.10. The Morgan fingerprint density at radius 3 is 2.68 bits per heavy atom. The van der Waals surface area contributed by atoms with Crippen LogP contribution in [0.4, 0.5) is 10.1 Å². The third-order valence-electron chi connectivity index (χ3n) is 2.67. The standard InChI is InChI=1S/C14H12BrFN2O/c15-13-10(5-3-7-12(13)17)14(19)18-8-9-4-1-2-6-11(9)16/h1-7H,8,17H2,(H,18,19). The van der Waals surface area contributed by atoms with E-state index >= 15 is 0 Å². The summed E-state index contributed by atoms with van der Waals surface area (Å²) in [6, 6.07) is 11.4. The van der Waals surface area contributed by atoms with E-state index in [2.05, 4.69) is 21.2 Å². The molecule has 0 aromatic heterocycles. The van der Waals surface area contributed by atoms with Crippen LogP contribution in [0.5, 0.6) is 0 Å². The van der Waals surface area contributed by atoms with Gasteiger partial charge in [-0.3, -0.25) is 4.79 Å². The summed E-state index contributed by atoms with van der Waals surface area (Å²) in [5, 5.41) is 2.66. The molecule has 0 aliphatic rings. The molecule has 2 aromatic carbocycles. The van der Waals surface area contributed by atoms with Gasteiger partial charge in [0.2, 0.25) is 0 Å². The smallest absolute Gasteiger partial charge is 0.252 e. The lowest BCUT2D eigenvalue weighted by atomic mass is 10.1. The second-order valence-corrected chi connectivity index (χ2v) is 4.78. The van der Waals surface area contributed by atoms with E-state index in [4.69, 9.17) is 5.73 Å². The van der Waals surface area contributed by atoms with Crippen molar-refractivity contribution in [3.63, 3.8) is 0 Å². The molecule has 5 heteroatoms. The number of hydrogen-bond acceptors (Lipinski definition) is 2. The number of carbonyl (C=O) groups is 1. The quantitative estimate of drug-likeness (QED) is 0.853. The zero-order valence-corrected chi connectivity index (χ0v) is 11.6. The monoisotopic (exact) mass is 322 g/mol. The van der Waals surface area contributed by atoms with Crippen molar-refractivity contribution in [1.29, 1.82) is 0 Å². The van der Waals surface area contributed by atoms with Gasteiger partial charge >= 0.3 is 0 Å². The second-order valence-electron chi connectivity index (χ2n) is 3.98. The number of rotatable bonds is 3. The van der Waals surface area contributed by atoms with Gasteiger partial charge in [-0.25, -0.2) is 4.39 Å². The van der Waals surface area contributed by atoms with E-state index in [1.54, 1.807) is 36.4 Å². The lowest BCUT2D eigenvalue weighted by molar-refractivity contribution is 0.0950. The Kier molecular flexibility index (Phi) is 4.16. The fraction of sp³-hybridized carbons (Fsp3) is 0.0714. The Morgan fingerprint density at radius 2 is 1.95 bits per heavy atom. The van der Waals surface area contributed by atoms with E-state index in [9.17, 15) is 9.18 Å². The van der Waals surface area contributed by atoms with Crippen molar-refractivity contribution in [1.82, 2.24) is 5.32 Å². The molecule has 0 fully saturated rings. The van der Waals surface area contributed by atoms with Crippen LogP contribution in [0.15, 0.2) is 46.9 Å². The summed E-state index contributed by atoms with van der Waals surface area (Å²) in [5.74, 6) is -0.642. The molecule has 98 valence electrons. The Hall–Kier alpha value is -1.88. The van der Waals surface area contributed by atoms with Gasteiger partial charge in [-0.05, 0) is 34.1 Å². The molecule has 0 radical (unpaired) electrons. The van der Waals surface area contributed by atoms with Crippen molar-refractivity contribution in [3.05, 3.63) is 63.9 Å². The highest BCUT2D eigenvalue weighted by atomic mass is 79.9. The summed E-state index contributed by atoms with van der Waals surface area (Å²) in [5.41, 5.74) is 7.06. The minimum Gasteiger partial charge on any atom is -0.398 e. The molecule has 3 nitrogen and oxygen atoms in total. The Bertz CT molecular complexity index is 616. The number of nitrogen functional groups attached to an aromatic ring is 1. The van der Waals surface area contributed by atoms with Gasteiger partial charge in [0.15, 0.2) is 0 Å². The maximum Gasteiger partial charge on any atom is 0.252 e. The molecular formula is C14H12BrFN2O. The lowest BCUT2D eigenvalue weighted by Crippen LogP contribution is -2.23. The third-order valence-corrected chi connectivity index (χ3v) is 3.56. The Morgan fingerprint density at radius 1 is 1.21 bits per heavy atom. The molecule has 0 saturated heterocycles. The van der Waals surface area contributed by atoms with E-state index in [1.165, 1.54) is 6.07 Å². The van der Waals surface area contributed by atoms with Crippen molar-refractivity contribution in [2.45, 2.75) is 6.54 Å². The lowest BCUT2D eigenvalue weighted by Gasteiger charge is -2.08. The van der Waals surface area contributed by atoms with Gasteiger partial charge < -0.3 is 11.1 Å². The molecule has 2 aromatic rings. The number of halogens is 2. The maximum absolute atomic E-state index is 13.4. The normalized spacial score (nSPS) is 10.2. The summed E-state index contributed by atoms with van der Waals surface area (Å²) in [4.78, 5) is 12.0. The van der Waals surface area contributed by atoms with E-state index < -0.39 is 0 Å². The van der Waals surface area contributed by atoms with Gasteiger partial charge in [0.25, 0.3) is 5.91 Å². The molecule has 0 bridgehead atoms. The largest absolute Gasteiger partial charge is 0.398 e. The molecule has 0 atom stereocenters. The molecule has 2 rings (SSSR count). The van der Waals surface area contributed by atoms with Gasteiger partial charge in [-0.1, -0.05) is 24.3 Å². The zero-order valence-electron chi connectivity index (χ0n) is 9.99. The number of nitrogens with two attached hydrogens (primary N) is 1. The molecule has 0 unspecified atom stereocenters. The van der Waals surface area contributed by atoms with Crippen LogP contribution < -0.4 is 11.1 Å². The fourth-order valence-electron chi connectivity index (χ4n) is 1.64. The first-order chi connectivity index (χ1) is 9.09. The van der Waals surface area contributed by atoms with Gasteiger partial charge in [0, 0.05) is 17.8 Å². The molecule has 0 heterocycles. The highest BCUT2D eigenvalue weighted by Gasteiger charge is 2.12. The Labute approximate surface area is 118 Å². The zero-order chi connectivity index (χ0) is 13.8. The summed E-state index contributed by atoms with van der Waals surface area (Å²) >= 11 is 3.26. The highest BCUT2D eigenvalue weighted by Crippen LogP contribution is 2.23. The highest BCUT2D eigenvalue weighted by molar-refractivity contribution is 9.10. The van der Waals surface area contributed by atoms with Gasteiger partial charge in [0.05, 0.1) is 10.0 Å². The van der Waals surface area contributed by atoms with Crippen LogP contribution in [0.2, 0.25) is 0 Å². The van der Waals surface area contributed by atoms with Crippen LogP contribution in [-0.4, -0.2) is 5.91 Å². The molecule has 0 saturated carbocycles. The van der Waals surface area contributed by atoms with Crippen LogP contribution >= 0.6 is 15.9 Å². The number of nitrogens with one attached hydrogen (secondary N) is 1. The first kappa shape index (κ1) is 13.5. The number of carbonyl (C=O) groups excluding carboxylic acids is 1. The molecule has 0 aliphatic carbocycles. The predicted molar refractivity (Wildman–Crippen MR) is 76.1 cm³/mol. The summed E-state index contributed by atoms with van der Waals surface area (Å²) in [6.45, 7) is 0.132. The molecule has 1 amide bonds. The summed E-state index contributed by atoms with van der Waals surface area (Å²) < 4.78 is 13.9. The second kappa shape index (κ2) is 5.84. The number of amides is 1. The van der Waals surface area contributed by atoms with Gasteiger partial charge in [0.1, 0.15) is 5.82 Å². The number of hydrogen-bond donors (Lipinski definition) is 2. The van der Waals surface area contributed by atoms with Crippen LogP contribution in [0.3, 0.4) is 0 Å². The average Bonchev–Trinajstić information content (AvgIpc) is 2.40. The third kappa shape index (κ3) is 3.12. The van der Waals surface area contributed by atoms with Crippen molar-refractivity contribution in [2.75, 3.05) is 5.73 Å². The van der Waals surface area contributed by atoms with Gasteiger partial charge in [-0.2, -0.15) is 0 Å². The predicted octanol–water partition coefficient (Wildman–Crippen LogP) is 3.10. The topological polar surface area (TPSA) is 55.1 Å². The van der Waals surface area contributed by atoms with Crippen LogP contribution in [0.25, 0.3) is 0 Å². The molecule has 0 spiro atoms. The van der Waals surface area contributed by atoms with E-state index in [0.29, 0.717) is 21.3 Å². The molecule has 0 aliphatic heterocycles. The minimum atomic E-state index is -0.338. The van der Waals surface area contributed by atoms with Crippen molar-refractivity contribution >= 4 is 27.5 Å². The summed E-state index contributed by atoms with van der Waals surface area (Å²) in [6.07, 6.45) is 0. The van der Waals surface area contributed by atoms with Crippen molar-refractivity contribution in [2.24, 2.45) is 0 Å². The minimum absolute atomic E-state index is 0.132. The number of benzene rings is 2. The summed E-state index contributed by atoms with van der Waals surface area (Å²) in [7, 11) is 0. The van der Waals surface area contributed by atoms with E-state index in [1.807, 2.05) is 0 Å².